The van der Waals surface area contributed by atoms with E-state index < -0.39 is 0 Å². The van der Waals surface area contributed by atoms with E-state index >= 15 is 0 Å². The quantitative estimate of drug-likeness (QED) is 0.563. The third-order valence-corrected chi connectivity index (χ3v) is 3.69. The van der Waals surface area contributed by atoms with Crippen LogP contribution >= 0.6 is 24.4 Å². The second kappa shape index (κ2) is 9.61. The number of hydrogen-bond donors (Lipinski definition) is 0. The molecule has 1 saturated carbocycles. The molecule has 0 aromatic rings. The number of nitrogens with zero attached hydrogens (tertiary/aromatic N) is 2. The normalized spacial score (nSPS) is 26.4. The van der Waals surface area contributed by atoms with E-state index in [9.17, 15) is 0 Å². The van der Waals surface area contributed by atoms with Gasteiger partial charge in [-0.2, -0.15) is 0 Å². The highest BCUT2D eigenvalue weighted by Crippen LogP contribution is 2.23. The third kappa shape index (κ3) is 6.80. The highest BCUT2D eigenvalue weighted by atomic mass is 32.1. The molecule has 0 aromatic heterocycles. The van der Waals surface area contributed by atoms with Gasteiger partial charge in [0.05, 0.1) is 22.9 Å². The van der Waals surface area contributed by atoms with E-state index in [-0.39, 0.29) is 0 Å². The summed E-state index contributed by atoms with van der Waals surface area (Å²) in [6, 6.07) is 0.379. The SMILES string of the molecule is S=C=NCC1CCCCCC[C@H](N=C=S)CC1. The Kier molecular flexibility index (Phi) is 8.29. The maximum atomic E-state index is 4.71. The number of hydrogen-bond acceptors (Lipinski definition) is 4. The van der Waals surface area contributed by atoms with E-state index in [0.29, 0.717) is 12.0 Å². The van der Waals surface area contributed by atoms with Crippen LogP contribution in [-0.2, 0) is 0 Å². The highest BCUT2D eigenvalue weighted by molar-refractivity contribution is 7.78. The number of aliphatic imine (C=N–C) groups is 2. The summed E-state index contributed by atoms with van der Waals surface area (Å²) in [6.45, 7) is 0.831. The van der Waals surface area contributed by atoms with Crippen LogP contribution < -0.4 is 0 Å². The molecule has 0 aliphatic heterocycles. The molecule has 17 heavy (non-hydrogen) atoms. The summed E-state index contributed by atoms with van der Waals surface area (Å²) in [5.41, 5.74) is 0. The van der Waals surface area contributed by atoms with E-state index in [1.807, 2.05) is 0 Å². The monoisotopic (exact) mass is 268 g/mol. The lowest BCUT2D eigenvalue weighted by Gasteiger charge is -2.19. The Labute approximate surface area is 115 Å². The second-order valence-corrected chi connectivity index (χ2v) is 5.11. The van der Waals surface area contributed by atoms with Crippen molar-refractivity contribution in [1.29, 1.82) is 0 Å². The molecule has 2 atom stereocenters. The van der Waals surface area contributed by atoms with Crippen LogP contribution in [-0.4, -0.2) is 22.9 Å². The van der Waals surface area contributed by atoms with Gasteiger partial charge in [-0.1, -0.05) is 25.7 Å². The van der Waals surface area contributed by atoms with Crippen LogP contribution in [0.4, 0.5) is 0 Å². The van der Waals surface area contributed by atoms with Gasteiger partial charge in [0.25, 0.3) is 0 Å². The predicted octanol–water partition coefficient (Wildman–Crippen LogP) is 4.31. The minimum atomic E-state index is 0.379. The van der Waals surface area contributed by atoms with E-state index in [1.54, 1.807) is 0 Å². The van der Waals surface area contributed by atoms with Gasteiger partial charge in [0.1, 0.15) is 0 Å². The molecule has 1 rings (SSSR count). The van der Waals surface area contributed by atoms with Crippen molar-refractivity contribution >= 4 is 34.8 Å². The molecular formula is C13H20N2S2. The van der Waals surface area contributed by atoms with Crippen LogP contribution in [0.3, 0.4) is 0 Å². The van der Waals surface area contributed by atoms with Crippen molar-refractivity contribution < 1.29 is 0 Å². The fraction of sp³-hybridized carbons (Fsp3) is 0.846. The average molecular weight is 268 g/mol. The second-order valence-electron chi connectivity index (χ2n) is 4.74. The molecule has 1 aliphatic rings. The summed E-state index contributed by atoms with van der Waals surface area (Å²) in [5, 5.41) is 5.01. The van der Waals surface area contributed by atoms with Crippen molar-refractivity contribution in [3.05, 3.63) is 0 Å². The zero-order valence-corrected chi connectivity index (χ0v) is 11.9. The molecule has 0 amide bonds. The van der Waals surface area contributed by atoms with Gasteiger partial charge in [0.2, 0.25) is 0 Å². The number of thiocarbonyl (C=S) groups is 2. The molecule has 4 heteroatoms. The minimum absolute atomic E-state index is 0.379. The maximum absolute atomic E-state index is 4.71. The Morgan fingerprint density at radius 3 is 2.35 bits per heavy atom. The molecule has 0 saturated heterocycles. The smallest absolute Gasteiger partial charge is 0.0603 e. The van der Waals surface area contributed by atoms with Gasteiger partial charge in [0, 0.05) is 0 Å². The zero-order chi connectivity index (χ0) is 12.3. The average Bonchev–Trinajstić information content (AvgIpc) is 2.35. The van der Waals surface area contributed by atoms with Crippen molar-refractivity contribution in [3.63, 3.8) is 0 Å². The van der Waals surface area contributed by atoms with Gasteiger partial charge in [-0.05, 0) is 56.0 Å². The fourth-order valence-corrected chi connectivity index (χ4v) is 2.66. The van der Waals surface area contributed by atoms with Gasteiger partial charge < -0.3 is 0 Å². The fourth-order valence-electron chi connectivity index (χ4n) is 2.44. The van der Waals surface area contributed by atoms with E-state index in [4.69, 9.17) is 12.2 Å². The third-order valence-electron chi connectivity index (χ3n) is 3.46. The lowest BCUT2D eigenvalue weighted by molar-refractivity contribution is 0.377. The topological polar surface area (TPSA) is 24.7 Å². The zero-order valence-electron chi connectivity index (χ0n) is 10.2. The van der Waals surface area contributed by atoms with Crippen LogP contribution in [0.15, 0.2) is 9.98 Å². The molecule has 1 fully saturated rings. The molecule has 1 unspecified atom stereocenters. The molecule has 0 aromatic carbocycles. The molecule has 2 nitrogen and oxygen atoms in total. The van der Waals surface area contributed by atoms with Crippen LogP contribution in [0.25, 0.3) is 0 Å². The Morgan fingerprint density at radius 2 is 1.65 bits per heavy atom. The summed E-state index contributed by atoms with van der Waals surface area (Å²) in [6.07, 6.45) is 9.93. The standard InChI is InChI=1S/C13H20N2S2/c16-10-14-9-12-5-3-1-2-4-6-13(8-7-12)15-11-17/h12-13H,1-9H2/t12?,13-/m0/s1. The molecule has 1 aliphatic carbocycles. The van der Waals surface area contributed by atoms with Gasteiger partial charge in [-0.25, -0.2) is 9.98 Å². The molecule has 0 radical (unpaired) electrons. The van der Waals surface area contributed by atoms with Crippen LogP contribution in [0.5, 0.6) is 0 Å². The largest absolute Gasteiger partial charge is 0.232 e. The highest BCUT2D eigenvalue weighted by Gasteiger charge is 2.14. The van der Waals surface area contributed by atoms with Gasteiger partial charge >= 0.3 is 0 Å². The summed E-state index contributed by atoms with van der Waals surface area (Å²) >= 11 is 9.35. The van der Waals surface area contributed by atoms with E-state index in [1.165, 1.54) is 38.5 Å². The first-order chi connectivity index (χ1) is 8.36. The van der Waals surface area contributed by atoms with Crippen molar-refractivity contribution in [2.24, 2.45) is 15.9 Å². The molecule has 94 valence electrons. The molecular weight excluding hydrogens is 248 g/mol. The molecule has 0 N–H and O–H groups in total. The van der Waals surface area contributed by atoms with E-state index in [0.717, 1.165) is 19.4 Å². The van der Waals surface area contributed by atoms with Gasteiger partial charge in [-0.15, -0.1) is 0 Å². The number of rotatable bonds is 3. The van der Waals surface area contributed by atoms with Crippen molar-refractivity contribution in [2.75, 3.05) is 6.54 Å². The molecule has 0 bridgehead atoms. The van der Waals surface area contributed by atoms with Crippen molar-refractivity contribution in [3.8, 4) is 0 Å². The summed E-state index contributed by atoms with van der Waals surface area (Å²) in [5.74, 6) is 0.645. The predicted molar refractivity (Wildman–Crippen MR) is 79.1 cm³/mol. The summed E-state index contributed by atoms with van der Waals surface area (Å²) in [7, 11) is 0. The Hall–Kier alpha value is -0.400. The molecule has 0 heterocycles. The van der Waals surface area contributed by atoms with Gasteiger partial charge in [0.15, 0.2) is 0 Å². The van der Waals surface area contributed by atoms with Crippen LogP contribution in [0, 0.1) is 5.92 Å². The lowest BCUT2D eigenvalue weighted by atomic mass is 9.90. The Bertz CT molecular complexity index is 305. The van der Waals surface area contributed by atoms with E-state index in [2.05, 4.69) is 32.5 Å². The minimum Gasteiger partial charge on any atom is -0.232 e. The first-order valence-electron chi connectivity index (χ1n) is 6.47. The Morgan fingerprint density at radius 1 is 0.882 bits per heavy atom. The van der Waals surface area contributed by atoms with Crippen molar-refractivity contribution in [1.82, 2.24) is 0 Å². The maximum Gasteiger partial charge on any atom is 0.0603 e. The van der Waals surface area contributed by atoms with Crippen molar-refractivity contribution in [2.45, 2.75) is 57.4 Å². The molecule has 0 spiro atoms. The number of isothiocyanates is 2. The van der Waals surface area contributed by atoms with Gasteiger partial charge in [-0.3, -0.25) is 0 Å². The first-order valence-corrected chi connectivity index (χ1v) is 7.29. The van der Waals surface area contributed by atoms with Crippen LogP contribution in [0.1, 0.15) is 51.4 Å². The first kappa shape index (κ1) is 14.7. The summed E-state index contributed by atoms with van der Waals surface area (Å²) < 4.78 is 0. The Balaban J connectivity index is 2.49. The van der Waals surface area contributed by atoms with Crippen LogP contribution in [0.2, 0.25) is 0 Å². The lowest BCUT2D eigenvalue weighted by Crippen LogP contribution is -2.12. The summed E-state index contributed by atoms with van der Waals surface area (Å²) in [4.78, 5) is 8.36.